The Hall–Kier alpha value is -0.0800. The quantitative estimate of drug-likeness (QED) is 0.632. The van der Waals surface area contributed by atoms with Crippen molar-refractivity contribution in [3.05, 3.63) is 0 Å². The maximum absolute atomic E-state index is 3.52. The summed E-state index contributed by atoms with van der Waals surface area (Å²) in [5.74, 6) is 0.913. The Morgan fingerprint density at radius 3 is 2.54 bits per heavy atom. The Kier molecular flexibility index (Phi) is 4.74. The molecule has 78 valence electrons. The van der Waals surface area contributed by atoms with E-state index in [0.29, 0.717) is 0 Å². The first-order valence-corrected chi connectivity index (χ1v) is 5.70. The first kappa shape index (κ1) is 11.0. The van der Waals surface area contributed by atoms with Gasteiger partial charge in [-0.2, -0.15) is 0 Å². The summed E-state index contributed by atoms with van der Waals surface area (Å²) in [5.41, 5.74) is 0. The van der Waals surface area contributed by atoms with Gasteiger partial charge in [0.05, 0.1) is 0 Å². The van der Waals surface area contributed by atoms with Crippen molar-refractivity contribution in [3.8, 4) is 0 Å². The Labute approximate surface area is 82.7 Å². The van der Waals surface area contributed by atoms with E-state index in [2.05, 4.69) is 31.1 Å². The van der Waals surface area contributed by atoms with Crippen LogP contribution >= 0.6 is 0 Å². The highest BCUT2D eigenvalue weighted by molar-refractivity contribution is 4.88. The standard InChI is InChI=1S/C11H24N2/c1-4-8-12-9-10-6-7-11(10)13(3)5-2/h10-12H,4-9H2,1-3H3. The molecule has 0 aromatic rings. The van der Waals surface area contributed by atoms with Crippen LogP contribution in [0.2, 0.25) is 0 Å². The minimum atomic E-state index is 0.856. The fourth-order valence-electron chi connectivity index (χ4n) is 2.07. The maximum atomic E-state index is 3.52. The molecule has 0 radical (unpaired) electrons. The van der Waals surface area contributed by atoms with Gasteiger partial charge in [-0.15, -0.1) is 0 Å². The van der Waals surface area contributed by atoms with Gasteiger partial charge in [0.15, 0.2) is 0 Å². The SMILES string of the molecule is CCCNCC1CCC1N(C)CC. The minimum Gasteiger partial charge on any atom is -0.316 e. The highest BCUT2D eigenvalue weighted by Crippen LogP contribution is 2.30. The molecular formula is C11H24N2. The van der Waals surface area contributed by atoms with Crippen LogP contribution in [0.5, 0.6) is 0 Å². The van der Waals surface area contributed by atoms with Gasteiger partial charge in [0.1, 0.15) is 0 Å². The summed E-state index contributed by atoms with van der Waals surface area (Å²) in [6.45, 7) is 8.06. The Morgan fingerprint density at radius 2 is 2.08 bits per heavy atom. The van der Waals surface area contributed by atoms with Crippen LogP contribution in [0.3, 0.4) is 0 Å². The molecule has 0 heterocycles. The van der Waals surface area contributed by atoms with E-state index in [1.807, 2.05) is 0 Å². The van der Waals surface area contributed by atoms with Crippen molar-refractivity contribution in [3.63, 3.8) is 0 Å². The second-order valence-corrected chi connectivity index (χ2v) is 4.18. The lowest BCUT2D eigenvalue weighted by Crippen LogP contribution is -2.48. The Morgan fingerprint density at radius 1 is 1.31 bits per heavy atom. The third-order valence-corrected chi connectivity index (χ3v) is 3.28. The van der Waals surface area contributed by atoms with Crippen LogP contribution in [-0.4, -0.2) is 37.6 Å². The van der Waals surface area contributed by atoms with Crippen molar-refractivity contribution in [1.82, 2.24) is 10.2 Å². The summed E-state index contributed by atoms with van der Waals surface area (Å²) in [4.78, 5) is 2.49. The molecule has 2 heteroatoms. The number of hydrogen-bond donors (Lipinski definition) is 1. The summed E-state index contributed by atoms with van der Waals surface area (Å²) in [7, 11) is 2.25. The van der Waals surface area contributed by atoms with Crippen LogP contribution in [0.25, 0.3) is 0 Å². The largest absolute Gasteiger partial charge is 0.316 e. The van der Waals surface area contributed by atoms with E-state index < -0.39 is 0 Å². The minimum absolute atomic E-state index is 0.856. The normalized spacial score (nSPS) is 27.7. The maximum Gasteiger partial charge on any atom is 0.0133 e. The predicted octanol–water partition coefficient (Wildman–Crippen LogP) is 1.72. The van der Waals surface area contributed by atoms with Crippen LogP contribution < -0.4 is 5.32 Å². The molecule has 0 aromatic carbocycles. The number of rotatable bonds is 6. The molecule has 0 aromatic heterocycles. The van der Waals surface area contributed by atoms with E-state index in [-0.39, 0.29) is 0 Å². The molecule has 0 spiro atoms. The second-order valence-electron chi connectivity index (χ2n) is 4.18. The van der Waals surface area contributed by atoms with Gasteiger partial charge in [-0.1, -0.05) is 13.8 Å². The molecule has 1 aliphatic rings. The van der Waals surface area contributed by atoms with Gasteiger partial charge in [-0.25, -0.2) is 0 Å². The molecule has 2 unspecified atom stereocenters. The number of nitrogens with one attached hydrogen (secondary N) is 1. The van der Waals surface area contributed by atoms with Crippen molar-refractivity contribution in [2.45, 2.75) is 39.2 Å². The lowest BCUT2D eigenvalue weighted by Gasteiger charge is -2.42. The van der Waals surface area contributed by atoms with Crippen LogP contribution in [0.1, 0.15) is 33.1 Å². The predicted molar refractivity (Wildman–Crippen MR) is 58.0 cm³/mol. The van der Waals surface area contributed by atoms with E-state index in [0.717, 1.165) is 12.0 Å². The molecular weight excluding hydrogens is 160 g/mol. The van der Waals surface area contributed by atoms with Crippen molar-refractivity contribution in [1.29, 1.82) is 0 Å². The summed E-state index contributed by atoms with van der Waals surface area (Å²) in [5, 5.41) is 3.52. The van der Waals surface area contributed by atoms with Gasteiger partial charge in [0.25, 0.3) is 0 Å². The highest BCUT2D eigenvalue weighted by atomic mass is 15.1. The van der Waals surface area contributed by atoms with Crippen LogP contribution in [0.4, 0.5) is 0 Å². The smallest absolute Gasteiger partial charge is 0.0133 e. The molecule has 0 aliphatic heterocycles. The molecule has 0 saturated heterocycles. The van der Waals surface area contributed by atoms with Crippen molar-refractivity contribution >= 4 is 0 Å². The third kappa shape index (κ3) is 2.96. The van der Waals surface area contributed by atoms with Gasteiger partial charge in [0.2, 0.25) is 0 Å². The molecule has 2 nitrogen and oxygen atoms in total. The molecule has 1 rings (SSSR count). The molecule has 0 amide bonds. The average molecular weight is 184 g/mol. The lowest BCUT2D eigenvalue weighted by molar-refractivity contribution is 0.0885. The fourth-order valence-corrected chi connectivity index (χ4v) is 2.07. The Bertz CT molecular complexity index is 136. The average Bonchev–Trinajstić information content (AvgIpc) is 2.10. The zero-order chi connectivity index (χ0) is 9.68. The molecule has 13 heavy (non-hydrogen) atoms. The topological polar surface area (TPSA) is 15.3 Å². The molecule has 1 N–H and O–H groups in total. The third-order valence-electron chi connectivity index (χ3n) is 3.28. The first-order valence-electron chi connectivity index (χ1n) is 5.70. The summed E-state index contributed by atoms with van der Waals surface area (Å²) in [6, 6.07) is 0.856. The number of nitrogens with zero attached hydrogens (tertiary/aromatic N) is 1. The van der Waals surface area contributed by atoms with Gasteiger partial charge in [-0.3, -0.25) is 0 Å². The van der Waals surface area contributed by atoms with Crippen LogP contribution in [-0.2, 0) is 0 Å². The van der Waals surface area contributed by atoms with E-state index in [1.54, 1.807) is 0 Å². The van der Waals surface area contributed by atoms with Crippen molar-refractivity contribution in [2.24, 2.45) is 5.92 Å². The van der Waals surface area contributed by atoms with E-state index in [4.69, 9.17) is 0 Å². The lowest BCUT2D eigenvalue weighted by atomic mass is 9.78. The van der Waals surface area contributed by atoms with Crippen molar-refractivity contribution in [2.75, 3.05) is 26.7 Å². The zero-order valence-corrected chi connectivity index (χ0v) is 9.34. The fraction of sp³-hybridized carbons (Fsp3) is 1.00. The van der Waals surface area contributed by atoms with E-state index >= 15 is 0 Å². The van der Waals surface area contributed by atoms with Crippen LogP contribution in [0, 0.1) is 5.92 Å². The molecule has 2 atom stereocenters. The summed E-state index contributed by atoms with van der Waals surface area (Å²) >= 11 is 0. The van der Waals surface area contributed by atoms with Crippen LogP contribution in [0.15, 0.2) is 0 Å². The van der Waals surface area contributed by atoms with Gasteiger partial charge >= 0.3 is 0 Å². The highest BCUT2D eigenvalue weighted by Gasteiger charge is 2.32. The molecule has 1 saturated carbocycles. The molecule has 0 bridgehead atoms. The number of hydrogen-bond acceptors (Lipinski definition) is 2. The van der Waals surface area contributed by atoms with E-state index in [1.165, 1.54) is 38.9 Å². The zero-order valence-electron chi connectivity index (χ0n) is 9.34. The van der Waals surface area contributed by atoms with Gasteiger partial charge < -0.3 is 10.2 Å². The molecule has 1 fully saturated rings. The monoisotopic (exact) mass is 184 g/mol. The molecule has 1 aliphatic carbocycles. The summed E-state index contributed by atoms with van der Waals surface area (Å²) < 4.78 is 0. The second kappa shape index (κ2) is 5.61. The first-order chi connectivity index (χ1) is 6.29. The van der Waals surface area contributed by atoms with Gasteiger partial charge in [-0.05, 0) is 51.9 Å². The van der Waals surface area contributed by atoms with Gasteiger partial charge in [0, 0.05) is 6.04 Å². The van der Waals surface area contributed by atoms with Crippen molar-refractivity contribution < 1.29 is 0 Å². The Balaban J connectivity index is 2.13. The summed E-state index contributed by atoms with van der Waals surface area (Å²) in [6.07, 6.45) is 4.08. The van der Waals surface area contributed by atoms with E-state index in [9.17, 15) is 0 Å².